The average molecular weight is 434 g/mol. The summed E-state index contributed by atoms with van der Waals surface area (Å²) in [5.74, 6) is 1.47. The van der Waals surface area contributed by atoms with E-state index in [4.69, 9.17) is 0 Å². The summed E-state index contributed by atoms with van der Waals surface area (Å²) in [6.07, 6.45) is 5.44. The van der Waals surface area contributed by atoms with Crippen molar-refractivity contribution in [3.8, 4) is 0 Å². The summed E-state index contributed by atoms with van der Waals surface area (Å²) >= 11 is 0. The highest BCUT2D eigenvalue weighted by Crippen LogP contribution is 2.49. The van der Waals surface area contributed by atoms with Crippen LogP contribution < -0.4 is 0 Å². The van der Waals surface area contributed by atoms with Crippen molar-refractivity contribution in [2.75, 3.05) is 26.2 Å². The molecule has 5 rings (SSSR count). The van der Waals surface area contributed by atoms with Gasteiger partial charge in [-0.05, 0) is 30.7 Å². The number of carbonyl (C=O) groups excluding carboxylic acids is 1. The zero-order valence-corrected chi connectivity index (χ0v) is 19.1. The van der Waals surface area contributed by atoms with Gasteiger partial charge in [-0.1, -0.05) is 30.3 Å². The van der Waals surface area contributed by atoms with E-state index in [0.29, 0.717) is 11.5 Å². The second kappa shape index (κ2) is 8.16. The maximum absolute atomic E-state index is 13.1. The highest BCUT2D eigenvalue weighted by atomic mass is 16.2. The largest absolute Gasteiger partial charge is 0.338 e. The molecule has 0 saturated carbocycles. The smallest absolute Gasteiger partial charge is 0.257 e. The SMILES string of the molecule is Cc1c(C(=O)N2CCC3(CC2)CN(Cc2ccccc2)CC3c2nncn2C)cnn1C. The quantitative estimate of drug-likeness (QED) is 0.632. The molecule has 1 amide bonds. The lowest BCUT2D eigenvalue weighted by molar-refractivity contribution is 0.0554. The number of carbonyl (C=O) groups is 1. The number of hydrogen-bond acceptors (Lipinski definition) is 5. The third-order valence-electron chi connectivity index (χ3n) is 7.54. The van der Waals surface area contributed by atoms with Crippen molar-refractivity contribution in [1.82, 2.24) is 34.3 Å². The van der Waals surface area contributed by atoms with Crippen molar-refractivity contribution in [3.05, 3.63) is 65.5 Å². The summed E-state index contributed by atoms with van der Waals surface area (Å²) in [6.45, 7) is 6.41. The van der Waals surface area contributed by atoms with Gasteiger partial charge >= 0.3 is 0 Å². The number of amides is 1. The molecule has 1 spiro atoms. The van der Waals surface area contributed by atoms with E-state index >= 15 is 0 Å². The van der Waals surface area contributed by atoms with E-state index in [9.17, 15) is 4.79 Å². The lowest BCUT2D eigenvalue weighted by atomic mass is 9.70. The van der Waals surface area contributed by atoms with E-state index in [-0.39, 0.29) is 11.3 Å². The molecule has 1 atom stereocenters. The van der Waals surface area contributed by atoms with Crippen LogP contribution in [0.25, 0.3) is 0 Å². The molecule has 3 aromatic rings. The van der Waals surface area contributed by atoms with Crippen molar-refractivity contribution in [3.63, 3.8) is 0 Å². The minimum atomic E-state index is 0.0970. The number of aromatic nitrogens is 5. The maximum atomic E-state index is 13.1. The Bertz CT molecular complexity index is 1090. The Balaban J connectivity index is 1.36. The maximum Gasteiger partial charge on any atom is 0.257 e. The number of rotatable bonds is 4. The van der Waals surface area contributed by atoms with Crippen LogP contribution in [0.15, 0.2) is 42.9 Å². The molecule has 4 heterocycles. The Kier molecular flexibility index (Phi) is 5.33. The topological polar surface area (TPSA) is 72.1 Å². The molecule has 2 saturated heterocycles. The highest BCUT2D eigenvalue weighted by Gasteiger charge is 2.50. The predicted molar refractivity (Wildman–Crippen MR) is 121 cm³/mol. The molecular formula is C24H31N7O. The Morgan fingerprint density at radius 1 is 1.16 bits per heavy atom. The predicted octanol–water partition coefficient (Wildman–Crippen LogP) is 2.38. The van der Waals surface area contributed by atoms with Crippen LogP contribution >= 0.6 is 0 Å². The molecule has 0 bridgehead atoms. The first-order valence-electron chi connectivity index (χ1n) is 11.3. The Morgan fingerprint density at radius 2 is 1.91 bits per heavy atom. The van der Waals surface area contributed by atoms with Crippen LogP contribution in [0.2, 0.25) is 0 Å². The van der Waals surface area contributed by atoms with E-state index in [1.54, 1.807) is 17.2 Å². The first kappa shape index (κ1) is 20.9. The molecule has 2 aliphatic heterocycles. The number of nitrogens with zero attached hydrogens (tertiary/aromatic N) is 7. The molecule has 168 valence electrons. The van der Waals surface area contributed by atoms with Gasteiger partial charge in [-0.2, -0.15) is 5.10 Å². The van der Waals surface area contributed by atoms with Crippen LogP contribution in [0, 0.1) is 12.3 Å². The summed E-state index contributed by atoms with van der Waals surface area (Å²) < 4.78 is 3.83. The first-order valence-corrected chi connectivity index (χ1v) is 11.3. The molecule has 2 aromatic heterocycles. The summed E-state index contributed by atoms with van der Waals surface area (Å²) in [5, 5.41) is 12.9. The van der Waals surface area contributed by atoms with Crippen LogP contribution in [0.4, 0.5) is 0 Å². The number of benzene rings is 1. The van der Waals surface area contributed by atoms with Gasteiger partial charge in [0.1, 0.15) is 12.2 Å². The van der Waals surface area contributed by atoms with Crippen molar-refractivity contribution >= 4 is 5.91 Å². The van der Waals surface area contributed by atoms with Gasteiger partial charge in [0.25, 0.3) is 5.91 Å². The fourth-order valence-corrected chi connectivity index (χ4v) is 5.54. The molecule has 0 N–H and O–H groups in total. The van der Waals surface area contributed by atoms with Crippen molar-refractivity contribution in [2.45, 2.75) is 32.2 Å². The van der Waals surface area contributed by atoms with Gasteiger partial charge in [-0.15, -0.1) is 10.2 Å². The van der Waals surface area contributed by atoms with Crippen molar-refractivity contribution in [2.24, 2.45) is 19.5 Å². The van der Waals surface area contributed by atoms with Crippen molar-refractivity contribution < 1.29 is 4.79 Å². The molecule has 8 nitrogen and oxygen atoms in total. The fraction of sp³-hybridized carbons (Fsp3) is 0.500. The molecule has 2 aliphatic rings. The second-order valence-corrected chi connectivity index (χ2v) is 9.43. The third kappa shape index (κ3) is 3.62. The summed E-state index contributed by atoms with van der Waals surface area (Å²) in [4.78, 5) is 17.7. The highest BCUT2D eigenvalue weighted by molar-refractivity contribution is 5.95. The third-order valence-corrected chi connectivity index (χ3v) is 7.54. The van der Waals surface area contributed by atoms with Gasteiger partial charge in [-0.3, -0.25) is 14.4 Å². The number of aryl methyl sites for hydroxylation is 2. The van der Waals surface area contributed by atoms with Gasteiger partial charge in [0.2, 0.25) is 0 Å². The molecular weight excluding hydrogens is 402 g/mol. The summed E-state index contributed by atoms with van der Waals surface area (Å²) in [5.41, 5.74) is 3.07. The monoisotopic (exact) mass is 433 g/mol. The molecule has 0 radical (unpaired) electrons. The lowest BCUT2D eigenvalue weighted by Gasteiger charge is -2.42. The van der Waals surface area contributed by atoms with Crippen LogP contribution in [-0.4, -0.2) is 66.4 Å². The van der Waals surface area contributed by atoms with E-state index in [2.05, 4.69) is 55.1 Å². The van der Waals surface area contributed by atoms with Gasteiger partial charge < -0.3 is 9.47 Å². The van der Waals surface area contributed by atoms with Gasteiger partial charge in [0, 0.05) is 58.4 Å². The first-order chi connectivity index (χ1) is 15.5. The van der Waals surface area contributed by atoms with Crippen LogP contribution in [0.3, 0.4) is 0 Å². The van der Waals surface area contributed by atoms with E-state index in [0.717, 1.165) is 57.1 Å². The summed E-state index contributed by atoms with van der Waals surface area (Å²) in [7, 11) is 3.91. The van der Waals surface area contributed by atoms with E-state index in [1.165, 1.54) is 5.56 Å². The standard InChI is InChI=1S/C24H31N7O/c1-18-20(13-26-29(18)3)23(32)31-11-9-24(10-12-31)16-30(14-19-7-5-4-6-8-19)15-21(24)22-27-25-17-28(22)2/h4-8,13,17,21H,9-12,14-16H2,1-3H3. The molecule has 0 aliphatic carbocycles. The fourth-order valence-electron chi connectivity index (χ4n) is 5.54. The van der Waals surface area contributed by atoms with Gasteiger partial charge in [0.05, 0.1) is 11.8 Å². The van der Waals surface area contributed by atoms with E-state index < -0.39 is 0 Å². The Hall–Kier alpha value is -3.00. The molecule has 2 fully saturated rings. The molecule has 1 unspecified atom stereocenters. The summed E-state index contributed by atoms with van der Waals surface area (Å²) in [6, 6.07) is 10.7. The van der Waals surface area contributed by atoms with Crippen molar-refractivity contribution in [1.29, 1.82) is 0 Å². The number of piperidine rings is 1. The minimum Gasteiger partial charge on any atom is -0.338 e. The van der Waals surface area contributed by atoms with Crippen LogP contribution in [0.1, 0.15) is 46.2 Å². The second-order valence-electron chi connectivity index (χ2n) is 9.43. The number of likely N-dealkylation sites (tertiary alicyclic amines) is 2. The zero-order chi connectivity index (χ0) is 22.3. The average Bonchev–Trinajstić information content (AvgIpc) is 3.47. The van der Waals surface area contributed by atoms with Gasteiger partial charge in [0.15, 0.2) is 0 Å². The molecule has 8 heteroatoms. The minimum absolute atomic E-state index is 0.0970. The van der Waals surface area contributed by atoms with Crippen LogP contribution in [-0.2, 0) is 20.6 Å². The zero-order valence-electron chi connectivity index (χ0n) is 19.1. The molecule has 1 aromatic carbocycles. The number of hydrogen-bond donors (Lipinski definition) is 0. The van der Waals surface area contributed by atoms with Crippen LogP contribution in [0.5, 0.6) is 0 Å². The van der Waals surface area contributed by atoms with E-state index in [1.807, 2.05) is 25.9 Å². The molecule has 32 heavy (non-hydrogen) atoms. The van der Waals surface area contributed by atoms with Gasteiger partial charge in [-0.25, -0.2) is 0 Å². The Labute approximate surface area is 188 Å². The lowest BCUT2D eigenvalue weighted by Crippen LogP contribution is -2.46. The Morgan fingerprint density at radius 3 is 2.53 bits per heavy atom. The normalized spacial score (nSPS) is 20.8.